The van der Waals surface area contributed by atoms with Crippen LogP contribution in [0.5, 0.6) is 0 Å². The summed E-state index contributed by atoms with van der Waals surface area (Å²) in [5.74, 6) is 0. The second-order valence-electron chi connectivity index (χ2n) is 18.1. The minimum atomic E-state index is 0.873. The Morgan fingerprint density at radius 2 is 0.841 bits per heavy atom. The Morgan fingerprint density at radius 1 is 0.290 bits per heavy atom. The molecule has 12 aromatic carbocycles. The highest BCUT2D eigenvalue weighted by Gasteiger charge is 2.19. The molecule has 3 nitrogen and oxygen atoms in total. The molecule has 0 N–H and O–H groups in total. The summed E-state index contributed by atoms with van der Waals surface area (Å²) < 4.78 is 8.97. The molecule has 322 valence electrons. The zero-order valence-corrected chi connectivity index (χ0v) is 37.6. The van der Waals surface area contributed by atoms with E-state index in [0.29, 0.717) is 0 Å². The number of rotatable bonds is 7. The number of aromatic nitrogens is 1. The van der Waals surface area contributed by atoms with Crippen molar-refractivity contribution < 1.29 is 4.42 Å². The van der Waals surface area contributed by atoms with Crippen LogP contribution in [-0.2, 0) is 0 Å². The van der Waals surface area contributed by atoms with Gasteiger partial charge in [-0.05, 0) is 145 Å². The fraction of sp³-hybridized carbons (Fsp3) is 0. The van der Waals surface area contributed by atoms with Crippen LogP contribution in [0.1, 0.15) is 0 Å². The third-order valence-corrected chi connectivity index (χ3v) is 14.1. The van der Waals surface area contributed by atoms with Crippen molar-refractivity contribution in [1.82, 2.24) is 4.57 Å². The highest BCUT2D eigenvalue weighted by molar-refractivity contribution is 6.16. The molecular weight excluding hydrogens is 837 g/mol. The first-order valence-electron chi connectivity index (χ1n) is 23.6. The van der Waals surface area contributed by atoms with Gasteiger partial charge in [0.25, 0.3) is 0 Å². The highest BCUT2D eigenvalue weighted by Crippen LogP contribution is 2.43. The minimum absolute atomic E-state index is 0.873. The summed E-state index contributed by atoms with van der Waals surface area (Å²) in [7, 11) is 0. The molecular formula is C66H42N2O. The maximum absolute atomic E-state index is 6.59. The maximum atomic E-state index is 6.59. The first kappa shape index (κ1) is 39.0. The summed E-state index contributed by atoms with van der Waals surface area (Å²) in [4.78, 5) is 2.36. The van der Waals surface area contributed by atoms with Crippen LogP contribution in [-0.4, -0.2) is 4.57 Å². The molecule has 0 saturated heterocycles. The van der Waals surface area contributed by atoms with Gasteiger partial charge in [-0.25, -0.2) is 0 Å². The van der Waals surface area contributed by atoms with E-state index in [-0.39, 0.29) is 0 Å². The number of furan rings is 1. The van der Waals surface area contributed by atoms with Crippen molar-refractivity contribution in [2.45, 2.75) is 0 Å². The standard InChI is InChI=1S/C66H42N2O/c1-4-20-55-45(13-1)31-37-60-62-42-53(36-38-65(62)69-66(55)60)67(51-34-29-44(30-35-51)47-16-12-18-52(40-47)68-63-25-9-7-23-58(63)59-24-8-10-26-64(59)68)50-32-27-43(28-33-50)46-15-11-17-48(39-46)61-41-49-14-2-3-19-54(49)56-21-5-6-22-57(56)61/h1-42H. The number of para-hydroxylation sites is 2. The lowest BCUT2D eigenvalue weighted by atomic mass is 9.92. The molecule has 0 fully saturated rings. The molecule has 0 atom stereocenters. The number of benzene rings is 12. The molecule has 0 bridgehead atoms. The second-order valence-corrected chi connectivity index (χ2v) is 18.1. The molecule has 0 aliphatic carbocycles. The van der Waals surface area contributed by atoms with E-state index in [0.717, 1.165) is 66.8 Å². The molecule has 2 heterocycles. The zero-order chi connectivity index (χ0) is 45.4. The maximum Gasteiger partial charge on any atom is 0.143 e. The zero-order valence-electron chi connectivity index (χ0n) is 37.6. The van der Waals surface area contributed by atoms with Crippen molar-refractivity contribution in [3.05, 3.63) is 255 Å². The van der Waals surface area contributed by atoms with Crippen molar-refractivity contribution in [3.8, 4) is 39.1 Å². The molecule has 0 aliphatic rings. The third-order valence-electron chi connectivity index (χ3n) is 14.1. The van der Waals surface area contributed by atoms with Crippen molar-refractivity contribution in [1.29, 1.82) is 0 Å². The van der Waals surface area contributed by atoms with Crippen molar-refractivity contribution >= 4 is 93.1 Å². The summed E-state index contributed by atoms with van der Waals surface area (Å²) in [5, 5.41) is 12.1. The largest absolute Gasteiger partial charge is 0.455 e. The number of hydrogen-bond donors (Lipinski definition) is 0. The molecule has 2 aromatic heterocycles. The van der Waals surface area contributed by atoms with Gasteiger partial charge in [0.05, 0.1) is 11.0 Å². The van der Waals surface area contributed by atoms with Crippen LogP contribution in [0.2, 0.25) is 0 Å². The third kappa shape index (κ3) is 6.43. The summed E-state index contributed by atoms with van der Waals surface area (Å²) >= 11 is 0. The van der Waals surface area contributed by atoms with Crippen LogP contribution in [0, 0.1) is 0 Å². The molecule has 0 unspecified atom stereocenters. The van der Waals surface area contributed by atoms with Gasteiger partial charge >= 0.3 is 0 Å². The van der Waals surface area contributed by atoms with Crippen LogP contribution < -0.4 is 4.90 Å². The molecule has 0 amide bonds. The van der Waals surface area contributed by atoms with E-state index < -0.39 is 0 Å². The van der Waals surface area contributed by atoms with Crippen LogP contribution in [0.3, 0.4) is 0 Å². The van der Waals surface area contributed by atoms with Gasteiger partial charge < -0.3 is 13.9 Å². The number of nitrogens with zero attached hydrogens (tertiary/aromatic N) is 2. The monoisotopic (exact) mass is 878 g/mol. The Labute approximate surface area is 399 Å². The summed E-state index contributed by atoms with van der Waals surface area (Å²) in [6.07, 6.45) is 0. The van der Waals surface area contributed by atoms with Gasteiger partial charge in [-0.1, -0.05) is 170 Å². The van der Waals surface area contributed by atoms with Gasteiger partial charge in [0.15, 0.2) is 0 Å². The van der Waals surface area contributed by atoms with Gasteiger partial charge in [-0.2, -0.15) is 0 Å². The van der Waals surface area contributed by atoms with Gasteiger partial charge in [0.2, 0.25) is 0 Å². The summed E-state index contributed by atoms with van der Waals surface area (Å²) in [5.41, 5.74) is 15.6. The molecule has 0 aliphatic heterocycles. The SMILES string of the molecule is c1cc(-c2ccc(N(c3ccc(-c4cccc(-n5c6ccccc6c6ccccc65)c4)cc3)c3ccc4oc5c6ccccc6ccc5c4c3)cc2)cc(-c2cc3ccccc3c3ccccc23)c1. The first-order valence-corrected chi connectivity index (χ1v) is 23.6. The molecule has 0 spiro atoms. The van der Waals surface area contributed by atoms with Crippen LogP contribution in [0.4, 0.5) is 17.1 Å². The number of hydrogen-bond acceptors (Lipinski definition) is 2. The lowest BCUT2D eigenvalue weighted by Crippen LogP contribution is -2.09. The lowest BCUT2D eigenvalue weighted by molar-refractivity contribution is 0.672. The normalized spacial score (nSPS) is 11.8. The predicted octanol–water partition coefficient (Wildman–Crippen LogP) is 18.6. The Morgan fingerprint density at radius 3 is 1.55 bits per heavy atom. The van der Waals surface area contributed by atoms with E-state index in [1.165, 1.54) is 65.4 Å². The van der Waals surface area contributed by atoms with Gasteiger partial charge in [0.1, 0.15) is 11.2 Å². The minimum Gasteiger partial charge on any atom is -0.455 e. The van der Waals surface area contributed by atoms with Gasteiger partial charge in [0, 0.05) is 49.7 Å². The molecule has 0 radical (unpaired) electrons. The van der Waals surface area contributed by atoms with Crippen LogP contribution in [0.25, 0.3) is 115 Å². The smallest absolute Gasteiger partial charge is 0.143 e. The topological polar surface area (TPSA) is 21.3 Å². The van der Waals surface area contributed by atoms with E-state index in [2.05, 4.69) is 264 Å². The van der Waals surface area contributed by atoms with E-state index in [4.69, 9.17) is 4.42 Å². The quantitative estimate of drug-likeness (QED) is 0.149. The first-order chi connectivity index (χ1) is 34.2. The number of anilines is 3. The van der Waals surface area contributed by atoms with Crippen LogP contribution >= 0.6 is 0 Å². The van der Waals surface area contributed by atoms with Crippen molar-refractivity contribution in [3.63, 3.8) is 0 Å². The molecule has 14 rings (SSSR count). The number of fused-ring (bicyclic) bond motifs is 11. The molecule has 69 heavy (non-hydrogen) atoms. The Bertz CT molecular complexity index is 4260. The fourth-order valence-corrected chi connectivity index (χ4v) is 10.9. The average Bonchev–Trinajstić information content (AvgIpc) is 3.97. The van der Waals surface area contributed by atoms with Gasteiger partial charge in [-0.3, -0.25) is 0 Å². The predicted molar refractivity (Wildman–Crippen MR) is 292 cm³/mol. The average molecular weight is 879 g/mol. The fourth-order valence-electron chi connectivity index (χ4n) is 10.9. The molecule has 0 saturated carbocycles. The van der Waals surface area contributed by atoms with E-state index >= 15 is 0 Å². The Hall–Kier alpha value is -9.18. The van der Waals surface area contributed by atoms with Crippen LogP contribution in [0.15, 0.2) is 259 Å². The molecule has 3 heteroatoms. The van der Waals surface area contributed by atoms with E-state index in [9.17, 15) is 0 Å². The van der Waals surface area contributed by atoms with Gasteiger partial charge in [-0.15, -0.1) is 0 Å². The van der Waals surface area contributed by atoms with E-state index in [1.807, 2.05) is 0 Å². The summed E-state index contributed by atoms with van der Waals surface area (Å²) in [6.45, 7) is 0. The van der Waals surface area contributed by atoms with Crippen molar-refractivity contribution in [2.24, 2.45) is 0 Å². The Balaban J connectivity index is 0.863. The Kier molecular flexibility index (Phi) is 8.90. The highest BCUT2D eigenvalue weighted by atomic mass is 16.3. The second kappa shape index (κ2) is 15.7. The summed E-state index contributed by atoms with van der Waals surface area (Å²) in [6, 6.07) is 92.5. The van der Waals surface area contributed by atoms with Crippen molar-refractivity contribution in [2.75, 3.05) is 4.90 Å². The molecule has 14 aromatic rings. The lowest BCUT2D eigenvalue weighted by Gasteiger charge is -2.26. The van der Waals surface area contributed by atoms with E-state index in [1.54, 1.807) is 0 Å².